The van der Waals surface area contributed by atoms with Gasteiger partial charge in [0.1, 0.15) is 6.10 Å². The first-order valence-electron chi connectivity index (χ1n) is 3.01. The molecule has 1 amide bonds. The summed E-state index contributed by atoms with van der Waals surface area (Å²) in [5, 5.41) is 8.82. The summed E-state index contributed by atoms with van der Waals surface area (Å²) in [5.41, 5.74) is 4.80. The van der Waals surface area contributed by atoms with Gasteiger partial charge in [-0.15, -0.1) is 12.4 Å². The van der Waals surface area contributed by atoms with Crippen LogP contribution < -0.4 is 5.73 Å². The predicted octanol–water partition coefficient (Wildman–Crippen LogP) is 0.301. The lowest BCUT2D eigenvalue weighted by Gasteiger charge is -2.07. The predicted molar refractivity (Wildman–Crippen MR) is 41.9 cm³/mol. The standard InChI is InChI=1S/C6H13NO2.ClH/c1-4(2)3-5(8)6(7)9;/h4-5,8H,3H2,1-2H3,(H2,7,9);1H. The second-order valence-corrected chi connectivity index (χ2v) is 2.55. The van der Waals surface area contributed by atoms with Gasteiger partial charge >= 0.3 is 0 Å². The number of primary amides is 1. The molecule has 0 rings (SSSR count). The van der Waals surface area contributed by atoms with Gasteiger partial charge in [0.2, 0.25) is 5.91 Å². The van der Waals surface area contributed by atoms with Crippen molar-refractivity contribution in [2.75, 3.05) is 0 Å². The van der Waals surface area contributed by atoms with Crippen LogP contribution in [-0.4, -0.2) is 17.1 Å². The van der Waals surface area contributed by atoms with Crippen molar-refractivity contribution in [3.8, 4) is 0 Å². The summed E-state index contributed by atoms with van der Waals surface area (Å²) in [6, 6.07) is 0. The van der Waals surface area contributed by atoms with Crippen LogP contribution in [-0.2, 0) is 4.79 Å². The number of nitrogens with two attached hydrogens (primary N) is 1. The van der Waals surface area contributed by atoms with Gasteiger partial charge < -0.3 is 10.8 Å². The van der Waals surface area contributed by atoms with E-state index in [2.05, 4.69) is 0 Å². The third kappa shape index (κ3) is 5.85. The minimum Gasteiger partial charge on any atom is -0.383 e. The maximum absolute atomic E-state index is 10.2. The van der Waals surface area contributed by atoms with Crippen molar-refractivity contribution in [2.24, 2.45) is 11.7 Å². The summed E-state index contributed by atoms with van der Waals surface area (Å²) < 4.78 is 0. The molecular formula is C6H14ClNO2. The zero-order chi connectivity index (χ0) is 7.44. The highest BCUT2D eigenvalue weighted by atomic mass is 35.5. The third-order valence-corrected chi connectivity index (χ3v) is 1.02. The normalized spacial score (nSPS) is 12.4. The number of hydrogen-bond donors (Lipinski definition) is 2. The van der Waals surface area contributed by atoms with Crippen molar-refractivity contribution < 1.29 is 9.90 Å². The fourth-order valence-corrected chi connectivity index (χ4v) is 0.563. The van der Waals surface area contributed by atoms with E-state index in [1.807, 2.05) is 13.8 Å². The van der Waals surface area contributed by atoms with Gasteiger partial charge in [-0.3, -0.25) is 4.79 Å². The van der Waals surface area contributed by atoms with Gasteiger partial charge in [-0.25, -0.2) is 0 Å². The Hall–Kier alpha value is -0.280. The molecule has 1 atom stereocenters. The molecule has 0 saturated heterocycles. The van der Waals surface area contributed by atoms with Gasteiger partial charge in [-0.1, -0.05) is 13.8 Å². The van der Waals surface area contributed by atoms with E-state index in [1.54, 1.807) is 0 Å². The Morgan fingerprint density at radius 3 is 2.10 bits per heavy atom. The molecule has 3 N–H and O–H groups in total. The van der Waals surface area contributed by atoms with E-state index >= 15 is 0 Å². The van der Waals surface area contributed by atoms with Gasteiger partial charge in [0.15, 0.2) is 0 Å². The first kappa shape index (κ1) is 12.4. The number of rotatable bonds is 3. The van der Waals surface area contributed by atoms with Gasteiger partial charge in [0.25, 0.3) is 0 Å². The number of aliphatic hydroxyl groups excluding tert-OH is 1. The zero-order valence-corrected chi connectivity index (χ0v) is 7.02. The van der Waals surface area contributed by atoms with E-state index in [-0.39, 0.29) is 12.4 Å². The largest absolute Gasteiger partial charge is 0.383 e. The van der Waals surface area contributed by atoms with Gasteiger partial charge in [-0.2, -0.15) is 0 Å². The number of aliphatic hydroxyl groups is 1. The Balaban J connectivity index is 0. The number of amides is 1. The number of carbonyl (C=O) groups excluding carboxylic acids is 1. The van der Waals surface area contributed by atoms with Crippen LogP contribution in [0.15, 0.2) is 0 Å². The van der Waals surface area contributed by atoms with Gasteiger partial charge in [0, 0.05) is 0 Å². The molecule has 0 aromatic rings. The van der Waals surface area contributed by atoms with Crippen LogP contribution in [0.2, 0.25) is 0 Å². The molecule has 0 saturated carbocycles. The summed E-state index contributed by atoms with van der Waals surface area (Å²) in [6.07, 6.45) is -0.514. The summed E-state index contributed by atoms with van der Waals surface area (Å²) in [4.78, 5) is 10.2. The van der Waals surface area contributed by atoms with Crippen molar-refractivity contribution in [1.29, 1.82) is 0 Å². The lowest BCUT2D eigenvalue weighted by molar-refractivity contribution is -0.126. The second kappa shape index (κ2) is 5.50. The molecular weight excluding hydrogens is 154 g/mol. The third-order valence-electron chi connectivity index (χ3n) is 1.02. The molecule has 62 valence electrons. The fraction of sp³-hybridized carbons (Fsp3) is 0.833. The van der Waals surface area contributed by atoms with Crippen molar-refractivity contribution in [1.82, 2.24) is 0 Å². The molecule has 3 nitrogen and oxygen atoms in total. The molecule has 10 heavy (non-hydrogen) atoms. The van der Waals surface area contributed by atoms with Crippen molar-refractivity contribution in [3.05, 3.63) is 0 Å². The Bertz CT molecular complexity index is 106. The van der Waals surface area contributed by atoms with Crippen molar-refractivity contribution in [3.63, 3.8) is 0 Å². The first-order valence-corrected chi connectivity index (χ1v) is 3.01. The van der Waals surface area contributed by atoms with Crippen LogP contribution in [0.4, 0.5) is 0 Å². The van der Waals surface area contributed by atoms with E-state index in [0.717, 1.165) is 0 Å². The highest BCUT2D eigenvalue weighted by molar-refractivity contribution is 5.85. The maximum atomic E-state index is 10.2. The van der Waals surface area contributed by atoms with Crippen molar-refractivity contribution in [2.45, 2.75) is 26.4 Å². The fourth-order valence-electron chi connectivity index (χ4n) is 0.563. The maximum Gasteiger partial charge on any atom is 0.246 e. The summed E-state index contributed by atoms with van der Waals surface area (Å²) in [6.45, 7) is 3.85. The van der Waals surface area contributed by atoms with E-state index < -0.39 is 12.0 Å². The minimum atomic E-state index is -0.968. The SMILES string of the molecule is CC(C)CC(O)C(N)=O.Cl. The molecule has 0 aliphatic rings. The van der Waals surface area contributed by atoms with Crippen molar-refractivity contribution >= 4 is 18.3 Å². The molecule has 0 aliphatic heterocycles. The van der Waals surface area contributed by atoms with Crippen LogP contribution in [0.3, 0.4) is 0 Å². The average Bonchev–Trinajstić information content (AvgIpc) is 1.63. The lowest BCUT2D eigenvalue weighted by Crippen LogP contribution is -2.29. The molecule has 0 heterocycles. The Morgan fingerprint density at radius 1 is 1.60 bits per heavy atom. The van der Waals surface area contributed by atoms with Crippen LogP contribution in [0, 0.1) is 5.92 Å². The molecule has 0 spiro atoms. The van der Waals surface area contributed by atoms with Gasteiger partial charge in [0.05, 0.1) is 0 Å². The molecule has 0 aromatic heterocycles. The highest BCUT2D eigenvalue weighted by Crippen LogP contribution is 2.02. The molecule has 4 heteroatoms. The summed E-state index contributed by atoms with van der Waals surface area (Å²) in [7, 11) is 0. The second-order valence-electron chi connectivity index (χ2n) is 2.55. The van der Waals surface area contributed by atoms with E-state index in [1.165, 1.54) is 0 Å². The molecule has 0 aliphatic carbocycles. The molecule has 0 bridgehead atoms. The summed E-state index contributed by atoms with van der Waals surface area (Å²) in [5.74, 6) is -0.323. The van der Waals surface area contributed by atoms with E-state index in [4.69, 9.17) is 10.8 Å². The summed E-state index contributed by atoms with van der Waals surface area (Å²) >= 11 is 0. The van der Waals surface area contributed by atoms with E-state index in [9.17, 15) is 4.79 Å². The lowest BCUT2D eigenvalue weighted by atomic mass is 10.1. The van der Waals surface area contributed by atoms with E-state index in [0.29, 0.717) is 12.3 Å². The van der Waals surface area contributed by atoms with Crippen LogP contribution in [0.1, 0.15) is 20.3 Å². The molecule has 0 radical (unpaired) electrons. The quantitative estimate of drug-likeness (QED) is 0.635. The molecule has 0 fully saturated rings. The molecule has 1 unspecified atom stereocenters. The Kier molecular flexibility index (Phi) is 6.82. The number of halogens is 1. The van der Waals surface area contributed by atoms with Crippen LogP contribution >= 0.6 is 12.4 Å². The first-order chi connectivity index (χ1) is 4.04. The zero-order valence-electron chi connectivity index (χ0n) is 6.20. The Morgan fingerprint density at radius 2 is 2.00 bits per heavy atom. The number of hydrogen-bond acceptors (Lipinski definition) is 2. The topological polar surface area (TPSA) is 63.3 Å². The Labute approximate surface area is 67.0 Å². The monoisotopic (exact) mass is 167 g/mol. The van der Waals surface area contributed by atoms with Crippen LogP contribution in [0.25, 0.3) is 0 Å². The molecule has 0 aromatic carbocycles. The smallest absolute Gasteiger partial charge is 0.246 e. The number of carbonyl (C=O) groups is 1. The average molecular weight is 168 g/mol. The highest BCUT2D eigenvalue weighted by Gasteiger charge is 2.11. The van der Waals surface area contributed by atoms with Crippen LogP contribution in [0.5, 0.6) is 0 Å². The minimum absolute atomic E-state index is 0. The van der Waals surface area contributed by atoms with Gasteiger partial charge in [-0.05, 0) is 12.3 Å².